The van der Waals surface area contributed by atoms with Crippen LogP contribution in [0.15, 0.2) is 13.2 Å². The zero-order chi connectivity index (χ0) is 12.7. The average Bonchev–Trinajstić information content (AvgIpc) is 3.07. The molecule has 3 heteroatoms. The highest BCUT2D eigenvalue weighted by molar-refractivity contribution is 6.70. The molecular weight excluding hydrogens is 228 g/mol. The Kier molecular flexibility index (Phi) is 6.45. The summed E-state index contributed by atoms with van der Waals surface area (Å²) in [5, 5.41) is 0. The van der Waals surface area contributed by atoms with Gasteiger partial charge in [0.2, 0.25) is 0 Å². The molecule has 0 heterocycles. The van der Waals surface area contributed by atoms with E-state index in [4.69, 9.17) is 8.85 Å². The van der Waals surface area contributed by atoms with Crippen molar-refractivity contribution in [3.8, 4) is 0 Å². The van der Waals surface area contributed by atoms with E-state index in [0.29, 0.717) is 0 Å². The minimum absolute atomic E-state index is 0.774. The zero-order valence-corrected chi connectivity index (χ0v) is 12.5. The van der Waals surface area contributed by atoms with Crippen LogP contribution >= 0.6 is 0 Å². The summed E-state index contributed by atoms with van der Waals surface area (Å²) < 4.78 is 11.9. The lowest BCUT2D eigenvalue weighted by Crippen LogP contribution is -2.48. The minimum atomic E-state index is -1.88. The highest BCUT2D eigenvalue weighted by Gasteiger charge is 2.52. The maximum absolute atomic E-state index is 5.97. The van der Waals surface area contributed by atoms with Gasteiger partial charge in [0.1, 0.15) is 0 Å². The molecule has 0 bridgehead atoms. The molecule has 2 nitrogen and oxygen atoms in total. The Morgan fingerprint density at radius 2 is 1.06 bits per heavy atom. The largest absolute Gasteiger partial charge is 0.397 e. The maximum atomic E-state index is 5.97. The Labute approximate surface area is 108 Å². The quantitative estimate of drug-likeness (QED) is 0.548. The Balaban J connectivity index is 0.000000686. The summed E-state index contributed by atoms with van der Waals surface area (Å²) >= 11 is 0. The third-order valence-corrected chi connectivity index (χ3v) is 9.19. The van der Waals surface area contributed by atoms with Crippen LogP contribution in [0.25, 0.3) is 0 Å². The van der Waals surface area contributed by atoms with Crippen molar-refractivity contribution >= 4 is 8.56 Å². The molecule has 2 rings (SSSR count). The second-order valence-corrected chi connectivity index (χ2v) is 8.98. The van der Waals surface area contributed by atoms with Gasteiger partial charge in [0, 0.05) is 25.3 Å². The summed E-state index contributed by atoms with van der Waals surface area (Å²) in [6, 6.07) is 0. The van der Waals surface area contributed by atoms with Crippen LogP contribution in [0.4, 0.5) is 0 Å². The van der Waals surface area contributed by atoms with Gasteiger partial charge in [-0.3, -0.25) is 0 Å². The lowest BCUT2D eigenvalue weighted by atomic mass is 10.3. The van der Waals surface area contributed by atoms with Crippen molar-refractivity contribution in [2.24, 2.45) is 0 Å². The average molecular weight is 256 g/mol. The molecule has 0 radical (unpaired) electrons. The summed E-state index contributed by atoms with van der Waals surface area (Å²) in [4.78, 5) is 0. The molecule has 0 aromatic heterocycles. The third-order valence-electron chi connectivity index (χ3n) is 4.49. The molecule has 2 aliphatic carbocycles. The van der Waals surface area contributed by atoms with Gasteiger partial charge in [0.25, 0.3) is 0 Å². The molecule has 100 valence electrons. The van der Waals surface area contributed by atoms with Gasteiger partial charge < -0.3 is 8.85 Å². The fourth-order valence-electron chi connectivity index (χ4n) is 3.74. The molecule has 0 amide bonds. The molecule has 0 N–H and O–H groups in total. The second-order valence-electron chi connectivity index (χ2n) is 5.09. The van der Waals surface area contributed by atoms with Gasteiger partial charge in [-0.25, -0.2) is 0 Å². The van der Waals surface area contributed by atoms with E-state index in [1.165, 1.54) is 51.4 Å². The lowest BCUT2D eigenvalue weighted by molar-refractivity contribution is 0.214. The minimum Gasteiger partial charge on any atom is -0.397 e. The van der Waals surface area contributed by atoms with Crippen molar-refractivity contribution in [2.75, 3.05) is 14.2 Å². The molecule has 0 aliphatic heterocycles. The highest BCUT2D eigenvalue weighted by Crippen LogP contribution is 2.50. The Morgan fingerprint density at radius 1 is 0.765 bits per heavy atom. The first-order valence-electron chi connectivity index (χ1n) is 6.94. The van der Waals surface area contributed by atoms with Gasteiger partial charge in [-0.05, 0) is 25.7 Å². The summed E-state index contributed by atoms with van der Waals surface area (Å²) in [6.07, 6.45) is 11.0. The molecule has 0 aromatic rings. The number of hydrogen-bond donors (Lipinski definition) is 0. The second kappa shape index (κ2) is 7.34. The zero-order valence-electron chi connectivity index (χ0n) is 11.5. The van der Waals surface area contributed by atoms with E-state index < -0.39 is 8.56 Å². The maximum Gasteiger partial charge on any atom is 0.344 e. The Bertz CT molecular complexity index is 186. The van der Waals surface area contributed by atoms with Gasteiger partial charge in [0.05, 0.1) is 0 Å². The fourth-order valence-corrected chi connectivity index (χ4v) is 8.33. The van der Waals surface area contributed by atoms with Crippen LogP contribution < -0.4 is 0 Å². The molecule has 0 atom stereocenters. The standard InChI is InChI=1S/C12H24O2Si.C2H4/c1-13-15(14-2,11-7-3-4-8-11)12-9-5-6-10-12;1-2/h11-12H,3-10H2,1-2H3;1-2H2. The van der Waals surface area contributed by atoms with E-state index in [-0.39, 0.29) is 0 Å². The fraction of sp³-hybridized carbons (Fsp3) is 0.857. The van der Waals surface area contributed by atoms with E-state index in [9.17, 15) is 0 Å². The van der Waals surface area contributed by atoms with Gasteiger partial charge in [-0.15, -0.1) is 13.2 Å². The Morgan fingerprint density at radius 3 is 1.29 bits per heavy atom. The highest BCUT2D eigenvalue weighted by atomic mass is 28.4. The van der Waals surface area contributed by atoms with Crippen molar-refractivity contribution in [1.29, 1.82) is 0 Å². The summed E-state index contributed by atoms with van der Waals surface area (Å²) in [7, 11) is 1.91. The molecule has 2 fully saturated rings. The summed E-state index contributed by atoms with van der Waals surface area (Å²) in [6.45, 7) is 6.00. The number of rotatable bonds is 4. The van der Waals surface area contributed by atoms with Crippen LogP contribution in [-0.2, 0) is 8.85 Å². The van der Waals surface area contributed by atoms with Gasteiger partial charge in [0.15, 0.2) is 0 Å². The molecular formula is C14H28O2Si. The first-order valence-corrected chi connectivity index (χ1v) is 8.91. The molecule has 2 saturated carbocycles. The molecule has 0 saturated heterocycles. The van der Waals surface area contributed by atoms with Crippen LogP contribution in [0, 0.1) is 0 Å². The van der Waals surface area contributed by atoms with Crippen LogP contribution in [-0.4, -0.2) is 22.8 Å². The topological polar surface area (TPSA) is 18.5 Å². The summed E-state index contributed by atoms with van der Waals surface area (Å²) in [5.74, 6) is 0. The van der Waals surface area contributed by atoms with Crippen molar-refractivity contribution < 1.29 is 8.85 Å². The molecule has 0 unspecified atom stereocenters. The van der Waals surface area contributed by atoms with Crippen LogP contribution in [0.5, 0.6) is 0 Å². The van der Waals surface area contributed by atoms with Crippen LogP contribution in [0.2, 0.25) is 11.1 Å². The van der Waals surface area contributed by atoms with E-state index in [2.05, 4.69) is 13.2 Å². The van der Waals surface area contributed by atoms with E-state index in [0.717, 1.165) is 11.1 Å². The normalized spacial score (nSPS) is 22.5. The van der Waals surface area contributed by atoms with E-state index in [1.807, 2.05) is 14.2 Å². The summed E-state index contributed by atoms with van der Waals surface area (Å²) in [5.41, 5.74) is 1.55. The van der Waals surface area contributed by atoms with Crippen molar-refractivity contribution in [3.05, 3.63) is 13.2 Å². The SMILES string of the molecule is C=C.CO[Si](OC)(C1CCCC1)C1CCCC1. The first-order chi connectivity index (χ1) is 8.33. The Hall–Kier alpha value is -0.123. The number of hydrogen-bond acceptors (Lipinski definition) is 2. The van der Waals surface area contributed by atoms with Crippen molar-refractivity contribution in [1.82, 2.24) is 0 Å². The molecule has 0 spiro atoms. The smallest absolute Gasteiger partial charge is 0.344 e. The third kappa shape index (κ3) is 3.01. The lowest BCUT2D eigenvalue weighted by Gasteiger charge is -2.37. The van der Waals surface area contributed by atoms with Crippen LogP contribution in [0.1, 0.15) is 51.4 Å². The van der Waals surface area contributed by atoms with E-state index >= 15 is 0 Å². The van der Waals surface area contributed by atoms with Gasteiger partial charge in [-0.2, -0.15) is 0 Å². The molecule has 0 aromatic carbocycles. The van der Waals surface area contributed by atoms with Gasteiger partial charge in [-0.1, -0.05) is 25.7 Å². The van der Waals surface area contributed by atoms with Crippen LogP contribution in [0.3, 0.4) is 0 Å². The van der Waals surface area contributed by atoms with Crippen molar-refractivity contribution in [2.45, 2.75) is 62.4 Å². The first kappa shape index (κ1) is 14.9. The van der Waals surface area contributed by atoms with E-state index in [1.54, 1.807) is 0 Å². The predicted octanol–water partition coefficient (Wildman–Crippen LogP) is 4.41. The van der Waals surface area contributed by atoms with Crippen molar-refractivity contribution in [3.63, 3.8) is 0 Å². The monoisotopic (exact) mass is 256 g/mol. The molecule has 2 aliphatic rings. The van der Waals surface area contributed by atoms with Gasteiger partial charge >= 0.3 is 8.56 Å². The predicted molar refractivity (Wildman–Crippen MR) is 75.5 cm³/mol. The molecule has 17 heavy (non-hydrogen) atoms.